The molecule has 1 aromatic rings. The quantitative estimate of drug-likeness (QED) is 0.493. The molecule has 6 heteroatoms. The number of thioether (sulfide) groups is 1. The topological polar surface area (TPSA) is 63.4 Å². The van der Waals surface area contributed by atoms with E-state index in [1.807, 2.05) is 0 Å². The van der Waals surface area contributed by atoms with Gasteiger partial charge in [0, 0.05) is 23.6 Å². The number of benzene rings is 1. The van der Waals surface area contributed by atoms with Crippen LogP contribution in [0.3, 0.4) is 0 Å². The molecule has 15 heavy (non-hydrogen) atoms. The Kier molecular flexibility index (Phi) is 4.87. The fourth-order valence-electron chi connectivity index (χ4n) is 1.01. The van der Waals surface area contributed by atoms with Crippen LogP contribution >= 0.6 is 23.4 Å². The molecule has 0 aromatic heterocycles. The molecule has 0 atom stereocenters. The maximum absolute atomic E-state index is 10.4. The van der Waals surface area contributed by atoms with E-state index in [1.54, 1.807) is 6.07 Å². The second kappa shape index (κ2) is 5.95. The summed E-state index contributed by atoms with van der Waals surface area (Å²) < 4.78 is 0. The molecule has 0 bridgehead atoms. The van der Waals surface area contributed by atoms with Crippen LogP contribution in [0.2, 0.25) is 5.02 Å². The third-order valence-corrected chi connectivity index (χ3v) is 3.08. The Morgan fingerprint density at radius 1 is 1.53 bits per heavy atom. The summed E-state index contributed by atoms with van der Waals surface area (Å²) in [6.07, 6.45) is 0. The van der Waals surface area contributed by atoms with Crippen LogP contribution in [0, 0.1) is 10.1 Å². The molecule has 82 valence electrons. The molecule has 0 fully saturated rings. The first kappa shape index (κ1) is 12.3. The van der Waals surface area contributed by atoms with Crippen LogP contribution in [-0.2, 0) is 5.75 Å². The van der Waals surface area contributed by atoms with Crippen molar-refractivity contribution in [3.8, 4) is 0 Å². The summed E-state index contributed by atoms with van der Waals surface area (Å²) in [4.78, 5) is 9.96. The second-order valence-electron chi connectivity index (χ2n) is 2.81. The van der Waals surface area contributed by atoms with Gasteiger partial charge in [-0.2, -0.15) is 11.8 Å². The molecular weight excluding hydrogens is 238 g/mol. The first-order chi connectivity index (χ1) is 7.15. The lowest BCUT2D eigenvalue weighted by molar-refractivity contribution is -0.384. The first-order valence-electron chi connectivity index (χ1n) is 4.26. The van der Waals surface area contributed by atoms with Crippen molar-refractivity contribution in [3.63, 3.8) is 0 Å². The molecule has 0 spiro atoms. The number of aliphatic hydroxyl groups is 1. The number of aliphatic hydroxyl groups excluding tert-OH is 1. The highest BCUT2D eigenvalue weighted by atomic mass is 35.5. The SMILES string of the molecule is O=[N+]([O-])c1ccc(CSCCO)c(Cl)c1. The van der Waals surface area contributed by atoms with E-state index in [9.17, 15) is 10.1 Å². The number of nitro benzene ring substituents is 1. The number of hydrogen-bond acceptors (Lipinski definition) is 4. The predicted octanol–water partition coefficient (Wildman–Crippen LogP) is 2.47. The Labute approximate surface area is 96.4 Å². The van der Waals surface area contributed by atoms with E-state index in [1.165, 1.54) is 23.9 Å². The molecule has 0 aliphatic carbocycles. The van der Waals surface area contributed by atoms with Crippen LogP contribution in [0.4, 0.5) is 5.69 Å². The van der Waals surface area contributed by atoms with Gasteiger partial charge >= 0.3 is 0 Å². The average molecular weight is 248 g/mol. The van der Waals surface area contributed by atoms with E-state index in [0.29, 0.717) is 16.5 Å². The van der Waals surface area contributed by atoms with Crippen molar-refractivity contribution >= 4 is 29.1 Å². The van der Waals surface area contributed by atoms with E-state index in [4.69, 9.17) is 16.7 Å². The van der Waals surface area contributed by atoms with Crippen LogP contribution in [0.1, 0.15) is 5.56 Å². The maximum atomic E-state index is 10.4. The summed E-state index contributed by atoms with van der Waals surface area (Å²) >= 11 is 7.40. The van der Waals surface area contributed by atoms with Gasteiger partial charge in [-0.05, 0) is 11.6 Å². The second-order valence-corrected chi connectivity index (χ2v) is 4.32. The third kappa shape index (κ3) is 3.70. The number of nitro groups is 1. The highest BCUT2D eigenvalue weighted by Crippen LogP contribution is 2.25. The van der Waals surface area contributed by atoms with Gasteiger partial charge < -0.3 is 5.11 Å². The lowest BCUT2D eigenvalue weighted by Crippen LogP contribution is -1.91. The van der Waals surface area contributed by atoms with Gasteiger partial charge in [0.05, 0.1) is 16.6 Å². The number of non-ortho nitro benzene ring substituents is 1. The fraction of sp³-hybridized carbons (Fsp3) is 0.333. The molecule has 1 N–H and O–H groups in total. The van der Waals surface area contributed by atoms with Crippen molar-refractivity contribution in [1.82, 2.24) is 0 Å². The lowest BCUT2D eigenvalue weighted by atomic mass is 10.2. The standard InChI is InChI=1S/C9H10ClNO3S/c10-9-5-8(11(13)14)2-1-7(9)6-15-4-3-12/h1-2,5,12H,3-4,6H2. The fourth-order valence-corrected chi connectivity index (χ4v) is 2.08. The Morgan fingerprint density at radius 2 is 2.27 bits per heavy atom. The zero-order valence-electron chi connectivity index (χ0n) is 7.85. The van der Waals surface area contributed by atoms with E-state index in [2.05, 4.69) is 0 Å². The number of nitrogens with zero attached hydrogens (tertiary/aromatic N) is 1. The zero-order chi connectivity index (χ0) is 11.3. The van der Waals surface area contributed by atoms with Gasteiger partial charge in [-0.1, -0.05) is 11.6 Å². The molecule has 0 aliphatic rings. The number of rotatable bonds is 5. The molecule has 1 rings (SSSR count). The van der Waals surface area contributed by atoms with Crippen LogP contribution in [0.5, 0.6) is 0 Å². The van der Waals surface area contributed by atoms with Gasteiger partial charge in [-0.3, -0.25) is 10.1 Å². The van der Waals surface area contributed by atoms with Crippen LogP contribution < -0.4 is 0 Å². The Hall–Kier alpha value is -0.780. The molecular formula is C9H10ClNO3S. The molecule has 0 unspecified atom stereocenters. The first-order valence-corrected chi connectivity index (χ1v) is 5.80. The maximum Gasteiger partial charge on any atom is 0.270 e. The van der Waals surface area contributed by atoms with Crippen molar-refractivity contribution in [2.45, 2.75) is 5.75 Å². The molecule has 0 heterocycles. The van der Waals surface area contributed by atoms with Crippen molar-refractivity contribution in [2.24, 2.45) is 0 Å². The highest BCUT2D eigenvalue weighted by Gasteiger charge is 2.08. The molecule has 0 amide bonds. The van der Waals surface area contributed by atoms with Crippen molar-refractivity contribution in [2.75, 3.05) is 12.4 Å². The normalized spacial score (nSPS) is 10.3. The van der Waals surface area contributed by atoms with Crippen molar-refractivity contribution < 1.29 is 10.0 Å². The minimum absolute atomic E-state index is 0.00379. The largest absolute Gasteiger partial charge is 0.396 e. The van der Waals surface area contributed by atoms with Gasteiger partial charge in [0.2, 0.25) is 0 Å². The summed E-state index contributed by atoms with van der Waals surface area (Å²) in [5.41, 5.74) is 0.844. The van der Waals surface area contributed by atoms with Crippen molar-refractivity contribution in [1.29, 1.82) is 0 Å². The van der Waals surface area contributed by atoms with Crippen LogP contribution in [0.25, 0.3) is 0 Å². The minimum Gasteiger partial charge on any atom is -0.396 e. The van der Waals surface area contributed by atoms with Gasteiger partial charge in [0.15, 0.2) is 0 Å². The Morgan fingerprint density at radius 3 is 2.80 bits per heavy atom. The highest BCUT2D eigenvalue weighted by molar-refractivity contribution is 7.98. The molecule has 0 aliphatic heterocycles. The van der Waals surface area contributed by atoms with Gasteiger partial charge in [-0.15, -0.1) is 0 Å². The monoisotopic (exact) mass is 247 g/mol. The molecule has 0 saturated heterocycles. The molecule has 0 radical (unpaired) electrons. The van der Waals surface area contributed by atoms with E-state index < -0.39 is 4.92 Å². The Bertz CT molecular complexity index is 359. The summed E-state index contributed by atoms with van der Waals surface area (Å²) in [6, 6.07) is 4.42. The zero-order valence-corrected chi connectivity index (χ0v) is 9.42. The average Bonchev–Trinajstić information content (AvgIpc) is 2.20. The van der Waals surface area contributed by atoms with E-state index in [0.717, 1.165) is 5.56 Å². The van der Waals surface area contributed by atoms with Crippen LogP contribution in [-0.4, -0.2) is 22.4 Å². The van der Waals surface area contributed by atoms with Gasteiger partial charge in [0.1, 0.15) is 0 Å². The van der Waals surface area contributed by atoms with Gasteiger partial charge in [0.25, 0.3) is 5.69 Å². The lowest BCUT2D eigenvalue weighted by Gasteiger charge is -2.02. The molecule has 4 nitrogen and oxygen atoms in total. The van der Waals surface area contributed by atoms with Crippen molar-refractivity contribution in [3.05, 3.63) is 38.9 Å². The Balaban J connectivity index is 2.70. The van der Waals surface area contributed by atoms with Gasteiger partial charge in [-0.25, -0.2) is 0 Å². The number of halogens is 1. The summed E-state index contributed by atoms with van der Waals surface area (Å²) in [6.45, 7) is 0.120. The molecule has 0 saturated carbocycles. The van der Waals surface area contributed by atoms with E-state index >= 15 is 0 Å². The molecule has 1 aromatic carbocycles. The minimum atomic E-state index is -0.476. The smallest absolute Gasteiger partial charge is 0.270 e. The summed E-state index contributed by atoms with van der Waals surface area (Å²) in [5.74, 6) is 1.28. The van der Waals surface area contributed by atoms with Crippen LogP contribution in [0.15, 0.2) is 18.2 Å². The van der Waals surface area contributed by atoms with E-state index in [-0.39, 0.29) is 12.3 Å². The summed E-state index contributed by atoms with van der Waals surface area (Å²) in [7, 11) is 0. The predicted molar refractivity (Wildman–Crippen MR) is 61.4 cm³/mol. The third-order valence-electron chi connectivity index (χ3n) is 1.74. The number of hydrogen-bond donors (Lipinski definition) is 1. The summed E-state index contributed by atoms with van der Waals surface area (Å²) in [5, 5.41) is 19.4.